The smallest absolute Gasteiger partial charge is 0.254 e. The van der Waals surface area contributed by atoms with Crippen molar-refractivity contribution < 1.29 is 4.79 Å². The van der Waals surface area contributed by atoms with Crippen LogP contribution in [0.2, 0.25) is 0 Å². The molecule has 0 saturated carbocycles. The monoisotopic (exact) mass is 335 g/mol. The van der Waals surface area contributed by atoms with Crippen LogP contribution in [-0.4, -0.2) is 39.2 Å². The van der Waals surface area contributed by atoms with Crippen LogP contribution in [0.1, 0.15) is 51.3 Å². The Balaban J connectivity index is 1.72. The van der Waals surface area contributed by atoms with Crippen LogP contribution < -0.4 is 5.56 Å². The fourth-order valence-electron chi connectivity index (χ4n) is 3.48. The lowest BCUT2D eigenvalue weighted by Crippen LogP contribution is -2.40. The molecule has 6 heteroatoms. The lowest BCUT2D eigenvalue weighted by atomic mass is 10.00. The summed E-state index contributed by atoms with van der Waals surface area (Å²) in [6, 6.07) is 1.59. The Morgan fingerprint density at radius 1 is 1.48 bits per heavy atom. The summed E-state index contributed by atoms with van der Waals surface area (Å²) in [7, 11) is 0. The molecular weight excluding hydrogens is 310 g/mol. The molecule has 2 unspecified atom stereocenters. The van der Waals surface area contributed by atoms with Crippen LogP contribution in [0.4, 0.5) is 0 Å². The van der Waals surface area contributed by atoms with Gasteiger partial charge in [-0.1, -0.05) is 32.0 Å². The minimum atomic E-state index is -0.0459. The van der Waals surface area contributed by atoms with Gasteiger partial charge in [-0.3, -0.25) is 14.2 Å². The Bertz CT molecular complexity index is 643. The summed E-state index contributed by atoms with van der Waals surface area (Å²) in [6.45, 7) is 6.00. The highest BCUT2D eigenvalue weighted by Gasteiger charge is 2.30. The molecule has 2 atom stereocenters. The Hall–Kier alpha value is -1.30. The molecule has 0 N–H and O–H groups in total. The van der Waals surface area contributed by atoms with Crippen LogP contribution in [0.15, 0.2) is 16.0 Å². The highest BCUT2D eigenvalue weighted by atomic mass is 32.2. The number of likely N-dealkylation sites (tertiary alicyclic amines) is 1. The molecule has 2 aliphatic rings. The fourth-order valence-corrected chi connectivity index (χ4v) is 4.65. The number of aromatic nitrogens is 2. The first-order valence-corrected chi connectivity index (χ1v) is 9.60. The molecule has 1 aromatic rings. The number of thioether (sulfide) groups is 1. The third-order valence-corrected chi connectivity index (χ3v) is 5.77. The average Bonchev–Trinajstić information content (AvgIpc) is 2.91. The van der Waals surface area contributed by atoms with E-state index < -0.39 is 0 Å². The van der Waals surface area contributed by atoms with Crippen molar-refractivity contribution in [2.75, 3.05) is 18.8 Å². The Morgan fingerprint density at radius 2 is 2.30 bits per heavy atom. The maximum absolute atomic E-state index is 12.6. The predicted molar refractivity (Wildman–Crippen MR) is 91.8 cm³/mol. The molecule has 3 rings (SSSR count). The summed E-state index contributed by atoms with van der Waals surface area (Å²) in [4.78, 5) is 31.5. The molecule has 0 aliphatic carbocycles. The summed E-state index contributed by atoms with van der Waals surface area (Å²) in [5.74, 6) is 1.53. The van der Waals surface area contributed by atoms with Crippen LogP contribution in [0, 0.1) is 5.92 Å². The second-order valence-electron chi connectivity index (χ2n) is 6.74. The van der Waals surface area contributed by atoms with E-state index in [0.717, 1.165) is 49.0 Å². The van der Waals surface area contributed by atoms with Gasteiger partial charge in [0.15, 0.2) is 5.16 Å². The Labute approximate surface area is 141 Å². The van der Waals surface area contributed by atoms with Gasteiger partial charge in [0.25, 0.3) is 5.56 Å². The second kappa shape index (κ2) is 7.07. The van der Waals surface area contributed by atoms with Gasteiger partial charge in [-0.2, -0.15) is 0 Å². The molecule has 1 aromatic heterocycles. The number of nitrogens with zero attached hydrogens (tertiary/aromatic N) is 3. The van der Waals surface area contributed by atoms with E-state index in [0.29, 0.717) is 12.3 Å². The minimum absolute atomic E-state index is 0.00624. The van der Waals surface area contributed by atoms with Gasteiger partial charge in [0.05, 0.1) is 6.04 Å². The van der Waals surface area contributed by atoms with Crippen molar-refractivity contribution in [3.8, 4) is 0 Å². The molecule has 126 valence electrons. The van der Waals surface area contributed by atoms with Gasteiger partial charge in [0, 0.05) is 37.0 Å². The molecule has 0 spiro atoms. The highest BCUT2D eigenvalue weighted by molar-refractivity contribution is 7.99. The molecule has 0 bridgehead atoms. The number of rotatable bonds is 4. The molecule has 0 aromatic carbocycles. The second-order valence-corrected chi connectivity index (χ2v) is 7.73. The van der Waals surface area contributed by atoms with Gasteiger partial charge in [-0.05, 0) is 25.2 Å². The lowest BCUT2D eigenvalue weighted by Gasteiger charge is -2.31. The van der Waals surface area contributed by atoms with E-state index in [-0.39, 0.29) is 17.5 Å². The van der Waals surface area contributed by atoms with Crippen LogP contribution >= 0.6 is 11.8 Å². The number of amides is 1. The quantitative estimate of drug-likeness (QED) is 0.793. The van der Waals surface area contributed by atoms with Crippen LogP contribution in [0.5, 0.6) is 0 Å². The average molecular weight is 335 g/mol. The molecule has 1 saturated heterocycles. The predicted octanol–water partition coefficient (Wildman–Crippen LogP) is 2.49. The van der Waals surface area contributed by atoms with E-state index in [1.54, 1.807) is 22.4 Å². The Kier molecular flexibility index (Phi) is 5.09. The van der Waals surface area contributed by atoms with Crippen molar-refractivity contribution in [1.82, 2.24) is 14.5 Å². The number of carbonyl (C=O) groups is 1. The summed E-state index contributed by atoms with van der Waals surface area (Å²) < 4.78 is 1.73. The molecular formula is C17H25N3O2S. The molecule has 0 radical (unpaired) electrons. The zero-order valence-corrected chi connectivity index (χ0v) is 14.8. The molecule has 1 fully saturated rings. The van der Waals surface area contributed by atoms with E-state index in [2.05, 4.69) is 18.8 Å². The SMILES string of the molecule is CCCc1cc(=O)n2c(n1)SCC2CC(=O)N1CCCC(C)C1. The highest BCUT2D eigenvalue weighted by Crippen LogP contribution is 2.32. The number of fused-ring (bicyclic) bond motifs is 1. The largest absolute Gasteiger partial charge is 0.342 e. The van der Waals surface area contributed by atoms with Crippen LogP contribution in [0.25, 0.3) is 0 Å². The normalized spacial score (nSPS) is 23.8. The zero-order valence-electron chi connectivity index (χ0n) is 14.0. The van der Waals surface area contributed by atoms with Crippen molar-refractivity contribution in [1.29, 1.82) is 0 Å². The number of piperidine rings is 1. The number of aryl methyl sites for hydroxylation is 1. The summed E-state index contributed by atoms with van der Waals surface area (Å²) >= 11 is 1.60. The minimum Gasteiger partial charge on any atom is -0.342 e. The summed E-state index contributed by atoms with van der Waals surface area (Å²) in [5, 5.41) is 0.783. The first kappa shape index (κ1) is 16.6. The van der Waals surface area contributed by atoms with Gasteiger partial charge in [0.2, 0.25) is 5.91 Å². The van der Waals surface area contributed by atoms with E-state index in [1.807, 2.05) is 4.90 Å². The van der Waals surface area contributed by atoms with Gasteiger partial charge >= 0.3 is 0 Å². The van der Waals surface area contributed by atoms with Gasteiger partial charge < -0.3 is 4.90 Å². The third-order valence-electron chi connectivity index (χ3n) is 4.67. The summed E-state index contributed by atoms with van der Waals surface area (Å²) in [6.07, 6.45) is 4.52. The van der Waals surface area contributed by atoms with E-state index in [1.165, 1.54) is 6.42 Å². The van der Waals surface area contributed by atoms with Crippen molar-refractivity contribution in [3.05, 3.63) is 22.1 Å². The lowest BCUT2D eigenvalue weighted by molar-refractivity contribution is -0.133. The van der Waals surface area contributed by atoms with Crippen LogP contribution in [0.3, 0.4) is 0 Å². The van der Waals surface area contributed by atoms with Crippen LogP contribution in [-0.2, 0) is 11.2 Å². The van der Waals surface area contributed by atoms with Crippen molar-refractivity contribution >= 4 is 17.7 Å². The van der Waals surface area contributed by atoms with E-state index >= 15 is 0 Å². The van der Waals surface area contributed by atoms with Crippen molar-refractivity contribution in [2.45, 2.75) is 57.1 Å². The maximum atomic E-state index is 12.6. The van der Waals surface area contributed by atoms with Gasteiger partial charge in [-0.25, -0.2) is 4.98 Å². The maximum Gasteiger partial charge on any atom is 0.254 e. The van der Waals surface area contributed by atoms with Crippen molar-refractivity contribution in [3.63, 3.8) is 0 Å². The van der Waals surface area contributed by atoms with Crippen molar-refractivity contribution in [2.24, 2.45) is 5.92 Å². The third kappa shape index (κ3) is 3.62. The summed E-state index contributed by atoms with van der Waals surface area (Å²) in [5.41, 5.74) is 0.862. The molecule has 23 heavy (non-hydrogen) atoms. The molecule has 5 nitrogen and oxygen atoms in total. The fraction of sp³-hybridized carbons (Fsp3) is 0.706. The van der Waals surface area contributed by atoms with Gasteiger partial charge in [-0.15, -0.1) is 0 Å². The topological polar surface area (TPSA) is 55.2 Å². The first-order valence-electron chi connectivity index (χ1n) is 8.61. The number of hydrogen-bond acceptors (Lipinski definition) is 4. The van der Waals surface area contributed by atoms with Gasteiger partial charge in [0.1, 0.15) is 0 Å². The number of carbonyl (C=O) groups excluding carboxylic acids is 1. The first-order chi connectivity index (χ1) is 11.1. The molecule has 3 heterocycles. The molecule has 2 aliphatic heterocycles. The zero-order chi connectivity index (χ0) is 16.4. The standard InChI is InChI=1S/C17H25N3O2S/c1-3-5-13-8-16(22)20-14(11-23-17(20)18-13)9-15(21)19-7-4-6-12(2)10-19/h8,12,14H,3-7,9-11H2,1-2H3. The Morgan fingerprint density at radius 3 is 3.04 bits per heavy atom. The van der Waals surface area contributed by atoms with E-state index in [4.69, 9.17) is 0 Å². The molecule has 1 amide bonds. The van der Waals surface area contributed by atoms with E-state index in [9.17, 15) is 9.59 Å². The number of hydrogen-bond donors (Lipinski definition) is 0.